The van der Waals surface area contributed by atoms with E-state index in [9.17, 15) is 23.1 Å². The van der Waals surface area contributed by atoms with Crippen LogP contribution in [0.25, 0.3) is 10.8 Å². The van der Waals surface area contributed by atoms with Gasteiger partial charge in [0.05, 0.1) is 11.5 Å². The number of benzene rings is 2. The topological polar surface area (TPSA) is 132 Å². The fraction of sp³-hybridized carbons (Fsp3) is 0. The standard InChI is InChI=1S/C12H8O7S.Na/c13-11(14)9-7-4-2-1-3-6(7)5-8(20(17,18)19)10(9)12(15)16;/h1-5H,(H,13,14)(H,15,16)(H,17,18,19);/q;+1/p-1. The molecule has 0 radical (unpaired) electrons. The van der Waals surface area contributed by atoms with Crippen LogP contribution in [0.1, 0.15) is 20.7 Å². The molecule has 0 saturated carbocycles. The Morgan fingerprint density at radius 3 is 2.14 bits per heavy atom. The van der Waals surface area contributed by atoms with Crippen molar-refractivity contribution >= 4 is 32.8 Å². The van der Waals surface area contributed by atoms with Crippen molar-refractivity contribution in [1.29, 1.82) is 0 Å². The fourth-order valence-electron chi connectivity index (χ4n) is 1.95. The zero-order valence-corrected chi connectivity index (χ0v) is 13.5. The Morgan fingerprint density at radius 2 is 1.67 bits per heavy atom. The summed E-state index contributed by atoms with van der Waals surface area (Å²) in [6.45, 7) is 0. The molecule has 21 heavy (non-hydrogen) atoms. The Kier molecular flexibility index (Phi) is 5.13. The van der Waals surface area contributed by atoms with Crippen molar-refractivity contribution in [2.24, 2.45) is 0 Å². The number of carbonyl (C=O) groups excluding carboxylic acids is 1. The number of carboxylic acid groups (broad SMARTS) is 2. The monoisotopic (exact) mass is 318 g/mol. The van der Waals surface area contributed by atoms with Gasteiger partial charge in [-0.15, -0.1) is 0 Å². The number of fused-ring (bicyclic) bond motifs is 1. The van der Waals surface area contributed by atoms with Gasteiger partial charge in [0.25, 0.3) is 10.1 Å². The molecule has 0 aliphatic heterocycles. The maximum absolute atomic E-state index is 11.3. The van der Waals surface area contributed by atoms with Gasteiger partial charge in [0.15, 0.2) is 0 Å². The molecule has 0 heterocycles. The first-order valence-corrected chi connectivity index (χ1v) is 6.65. The minimum Gasteiger partial charge on any atom is -0.545 e. The summed E-state index contributed by atoms with van der Waals surface area (Å²) < 4.78 is 31.6. The van der Waals surface area contributed by atoms with E-state index in [4.69, 9.17) is 9.66 Å². The molecule has 0 aliphatic carbocycles. The smallest absolute Gasteiger partial charge is 0.545 e. The number of aromatic carboxylic acids is 2. The molecular formula is C12H7NaO7S. The van der Waals surface area contributed by atoms with Crippen LogP contribution in [0, 0.1) is 0 Å². The van der Waals surface area contributed by atoms with Crippen molar-refractivity contribution in [1.82, 2.24) is 0 Å². The minimum atomic E-state index is -4.91. The molecule has 0 aliphatic rings. The van der Waals surface area contributed by atoms with Gasteiger partial charge in [0.1, 0.15) is 4.90 Å². The molecule has 0 bridgehead atoms. The van der Waals surface area contributed by atoms with Crippen LogP contribution in [0.15, 0.2) is 35.2 Å². The minimum absolute atomic E-state index is 0. The summed E-state index contributed by atoms with van der Waals surface area (Å²) >= 11 is 0. The van der Waals surface area contributed by atoms with Crippen molar-refractivity contribution in [2.75, 3.05) is 0 Å². The summed E-state index contributed by atoms with van der Waals surface area (Å²) in [5, 5.41) is 20.4. The summed E-state index contributed by atoms with van der Waals surface area (Å²) in [6, 6.07) is 6.61. The summed E-state index contributed by atoms with van der Waals surface area (Å²) in [6.07, 6.45) is 0. The second-order valence-corrected chi connectivity index (χ2v) is 5.30. The van der Waals surface area contributed by atoms with Gasteiger partial charge in [-0.25, -0.2) is 4.79 Å². The van der Waals surface area contributed by atoms with Crippen LogP contribution in [0.3, 0.4) is 0 Å². The number of carboxylic acids is 2. The van der Waals surface area contributed by atoms with Crippen molar-refractivity contribution in [3.8, 4) is 0 Å². The molecule has 0 aromatic heterocycles. The van der Waals surface area contributed by atoms with E-state index in [2.05, 4.69) is 0 Å². The van der Waals surface area contributed by atoms with Crippen LogP contribution < -0.4 is 34.7 Å². The van der Waals surface area contributed by atoms with E-state index in [0.29, 0.717) is 0 Å². The predicted octanol–water partition coefficient (Wildman–Crippen LogP) is -2.85. The molecule has 104 valence electrons. The molecule has 2 aromatic carbocycles. The van der Waals surface area contributed by atoms with Gasteiger partial charge in [0.2, 0.25) is 0 Å². The van der Waals surface area contributed by atoms with Crippen molar-refractivity contribution in [2.45, 2.75) is 4.90 Å². The second-order valence-electron chi connectivity index (χ2n) is 3.91. The molecule has 0 amide bonds. The molecule has 0 saturated heterocycles. The number of rotatable bonds is 3. The van der Waals surface area contributed by atoms with Crippen LogP contribution >= 0.6 is 0 Å². The molecule has 0 atom stereocenters. The van der Waals surface area contributed by atoms with Gasteiger partial charge in [-0.1, -0.05) is 24.3 Å². The molecule has 9 heteroatoms. The molecule has 0 spiro atoms. The zero-order valence-electron chi connectivity index (χ0n) is 10.7. The van der Waals surface area contributed by atoms with Crippen LogP contribution in [0.4, 0.5) is 0 Å². The summed E-state index contributed by atoms with van der Waals surface area (Å²) in [5.41, 5.74) is -1.81. The van der Waals surface area contributed by atoms with Crippen LogP contribution in [0.2, 0.25) is 0 Å². The third kappa shape index (κ3) is 3.25. The molecule has 0 fully saturated rings. The van der Waals surface area contributed by atoms with Crippen molar-refractivity contribution in [3.63, 3.8) is 0 Å². The van der Waals surface area contributed by atoms with Gasteiger partial charge < -0.3 is 15.0 Å². The van der Waals surface area contributed by atoms with Gasteiger partial charge in [-0.3, -0.25) is 4.55 Å². The van der Waals surface area contributed by atoms with Gasteiger partial charge in [-0.05, 0) is 16.8 Å². The summed E-state index contributed by atoms with van der Waals surface area (Å²) in [4.78, 5) is 21.3. The normalized spacial score (nSPS) is 10.9. The maximum atomic E-state index is 11.3. The molecule has 2 rings (SSSR count). The van der Waals surface area contributed by atoms with E-state index >= 15 is 0 Å². The Labute approximate surface area is 141 Å². The average molecular weight is 318 g/mol. The average Bonchev–Trinajstić information content (AvgIpc) is 2.34. The van der Waals surface area contributed by atoms with Crippen LogP contribution in [0.5, 0.6) is 0 Å². The largest absolute Gasteiger partial charge is 1.00 e. The second kappa shape index (κ2) is 6.12. The van der Waals surface area contributed by atoms with Crippen molar-refractivity contribution < 1.29 is 62.3 Å². The molecule has 2 aromatic rings. The van der Waals surface area contributed by atoms with E-state index in [0.717, 1.165) is 6.07 Å². The van der Waals surface area contributed by atoms with E-state index in [1.165, 1.54) is 24.3 Å². The van der Waals surface area contributed by atoms with E-state index in [1.54, 1.807) is 0 Å². The first-order chi connectivity index (χ1) is 9.23. The van der Waals surface area contributed by atoms with Gasteiger partial charge in [0, 0.05) is 5.56 Å². The van der Waals surface area contributed by atoms with E-state index in [-0.39, 0.29) is 40.3 Å². The Morgan fingerprint density at radius 1 is 1.10 bits per heavy atom. The molecule has 0 unspecified atom stereocenters. The number of carbonyl (C=O) groups is 2. The number of hydrogen-bond donors (Lipinski definition) is 2. The first kappa shape index (κ1) is 17.6. The third-order valence-electron chi connectivity index (χ3n) is 2.71. The number of hydrogen-bond acceptors (Lipinski definition) is 5. The van der Waals surface area contributed by atoms with Crippen LogP contribution in [-0.4, -0.2) is 30.0 Å². The first-order valence-electron chi connectivity index (χ1n) is 5.21. The van der Waals surface area contributed by atoms with Gasteiger partial charge in [-0.2, -0.15) is 8.42 Å². The molecule has 7 nitrogen and oxygen atoms in total. The molecular weight excluding hydrogens is 311 g/mol. The van der Waals surface area contributed by atoms with Crippen LogP contribution in [-0.2, 0) is 10.1 Å². The zero-order chi connectivity index (χ0) is 15.1. The molecule has 2 N–H and O–H groups in total. The maximum Gasteiger partial charge on any atom is 1.00 e. The Hall–Kier alpha value is -1.45. The van der Waals surface area contributed by atoms with E-state index in [1.807, 2.05) is 0 Å². The summed E-state index contributed by atoms with van der Waals surface area (Å²) in [5.74, 6) is -3.63. The van der Waals surface area contributed by atoms with Gasteiger partial charge >= 0.3 is 35.5 Å². The Balaban J connectivity index is 0.00000220. The quantitative estimate of drug-likeness (QED) is 0.460. The fourth-order valence-corrected chi connectivity index (χ4v) is 2.67. The summed E-state index contributed by atoms with van der Waals surface area (Å²) in [7, 11) is -4.91. The van der Waals surface area contributed by atoms with E-state index < -0.39 is 38.1 Å². The SMILES string of the molecule is O=C([O-])c1c(S(=O)(=O)O)cc2ccccc2c1C(=O)O.[Na+]. The third-order valence-corrected chi connectivity index (χ3v) is 3.59. The van der Waals surface area contributed by atoms with Crippen molar-refractivity contribution in [3.05, 3.63) is 41.5 Å². The predicted molar refractivity (Wildman–Crippen MR) is 65.1 cm³/mol. The Bertz CT molecular complexity index is 842.